The summed E-state index contributed by atoms with van der Waals surface area (Å²) in [5.41, 5.74) is 0.493. The zero-order valence-electron chi connectivity index (χ0n) is 12.9. The number of amides is 1. The van der Waals surface area contributed by atoms with Crippen molar-refractivity contribution in [2.75, 3.05) is 6.61 Å². The average Bonchev–Trinajstić information content (AvgIpc) is 2.60. The van der Waals surface area contributed by atoms with E-state index in [1.165, 1.54) is 0 Å². The molecule has 3 unspecified atom stereocenters. The van der Waals surface area contributed by atoms with Crippen molar-refractivity contribution < 1.29 is 34.8 Å². The van der Waals surface area contributed by atoms with Crippen LogP contribution in [-0.2, 0) is 9.53 Å². The molecule has 5 atom stereocenters. The van der Waals surface area contributed by atoms with Gasteiger partial charge in [-0.25, -0.2) is 0 Å². The smallest absolute Gasteiger partial charge is 0.220 e. The quantitative estimate of drug-likeness (QED) is 0.401. The topological polar surface area (TPSA) is 136 Å². The van der Waals surface area contributed by atoms with Crippen LogP contribution in [0.2, 0.25) is 0 Å². The maximum Gasteiger partial charge on any atom is 0.220 e. The summed E-state index contributed by atoms with van der Waals surface area (Å²) in [7, 11) is 0. The van der Waals surface area contributed by atoms with E-state index in [9.17, 15) is 24.9 Å². The van der Waals surface area contributed by atoms with Crippen LogP contribution < -0.4 is 5.32 Å². The summed E-state index contributed by atoms with van der Waals surface area (Å²) in [4.78, 5) is 23.9. The molecule has 0 aliphatic carbocycles. The highest BCUT2D eigenvalue weighted by Crippen LogP contribution is 2.20. The number of Topliss-reactive ketones (excluding diaryl/α,β-unsaturated/α-hetero) is 1. The molecule has 2 rings (SSSR count). The molecule has 8 nitrogen and oxygen atoms in total. The molecular weight excluding hydrogens is 318 g/mol. The molecule has 0 bridgehead atoms. The first-order valence-electron chi connectivity index (χ1n) is 7.62. The van der Waals surface area contributed by atoms with Crippen LogP contribution in [0.5, 0.6) is 0 Å². The summed E-state index contributed by atoms with van der Waals surface area (Å²) in [6.45, 7) is -0.582. The van der Waals surface area contributed by atoms with Crippen LogP contribution in [0, 0.1) is 0 Å². The van der Waals surface area contributed by atoms with Crippen molar-refractivity contribution in [3.63, 3.8) is 0 Å². The monoisotopic (exact) mass is 339 g/mol. The van der Waals surface area contributed by atoms with Crippen LogP contribution in [0.1, 0.15) is 23.2 Å². The molecule has 1 saturated heterocycles. The lowest BCUT2D eigenvalue weighted by Crippen LogP contribution is -2.64. The Morgan fingerprint density at radius 1 is 1.04 bits per heavy atom. The Morgan fingerprint density at radius 2 is 1.71 bits per heavy atom. The van der Waals surface area contributed by atoms with E-state index in [4.69, 9.17) is 9.84 Å². The fraction of sp³-hybridized carbons (Fsp3) is 0.500. The summed E-state index contributed by atoms with van der Waals surface area (Å²) >= 11 is 0. The summed E-state index contributed by atoms with van der Waals surface area (Å²) in [5, 5.41) is 40.8. The second-order valence-electron chi connectivity index (χ2n) is 5.61. The normalized spacial score (nSPS) is 29.9. The number of hydrogen-bond acceptors (Lipinski definition) is 7. The van der Waals surface area contributed by atoms with E-state index >= 15 is 0 Å². The number of carbonyl (C=O) groups is 2. The van der Waals surface area contributed by atoms with Gasteiger partial charge in [-0.15, -0.1) is 0 Å². The van der Waals surface area contributed by atoms with Gasteiger partial charge in [0.15, 0.2) is 12.1 Å². The molecule has 1 fully saturated rings. The van der Waals surface area contributed by atoms with Crippen LogP contribution in [0.15, 0.2) is 30.3 Å². The van der Waals surface area contributed by atoms with E-state index in [2.05, 4.69) is 5.32 Å². The van der Waals surface area contributed by atoms with E-state index in [-0.39, 0.29) is 18.6 Å². The van der Waals surface area contributed by atoms with Crippen molar-refractivity contribution >= 4 is 11.7 Å². The van der Waals surface area contributed by atoms with Crippen molar-refractivity contribution in [2.45, 2.75) is 43.5 Å². The zero-order chi connectivity index (χ0) is 17.7. The van der Waals surface area contributed by atoms with Crippen LogP contribution in [0.4, 0.5) is 0 Å². The van der Waals surface area contributed by atoms with Gasteiger partial charge in [-0.3, -0.25) is 9.59 Å². The molecule has 1 aromatic carbocycles. The Labute approximate surface area is 138 Å². The van der Waals surface area contributed by atoms with Gasteiger partial charge in [0.25, 0.3) is 0 Å². The van der Waals surface area contributed by atoms with Crippen LogP contribution in [-0.4, -0.2) is 69.4 Å². The third kappa shape index (κ3) is 4.37. The molecular formula is C16H21NO7. The fourth-order valence-electron chi connectivity index (χ4n) is 2.51. The molecule has 0 saturated carbocycles. The molecule has 1 amide bonds. The molecule has 24 heavy (non-hydrogen) atoms. The minimum atomic E-state index is -1.57. The number of hydrogen-bond donors (Lipinski definition) is 5. The van der Waals surface area contributed by atoms with Gasteiger partial charge >= 0.3 is 0 Å². The number of rotatable bonds is 6. The number of benzene rings is 1. The molecule has 0 aromatic heterocycles. The van der Waals surface area contributed by atoms with Gasteiger partial charge in [-0.1, -0.05) is 30.3 Å². The minimum Gasteiger partial charge on any atom is -0.394 e. The Balaban J connectivity index is 1.86. The largest absolute Gasteiger partial charge is 0.394 e. The third-order valence-corrected chi connectivity index (χ3v) is 3.90. The van der Waals surface area contributed by atoms with E-state index in [1.807, 2.05) is 0 Å². The summed E-state index contributed by atoms with van der Waals surface area (Å²) in [6.07, 6.45) is -5.83. The zero-order valence-corrected chi connectivity index (χ0v) is 12.9. The number of nitrogens with one attached hydrogen (secondary N) is 1. The third-order valence-electron chi connectivity index (χ3n) is 3.90. The van der Waals surface area contributed by atoms with Gasteiger partial charge in [-0.05, 0) is 0 Å². The number of ether oxygens (including phenoxy) is 1. The summed E-state index contributed by atoms with van der Waals surface area (Å²) in [6, 6.07) is 7.27. The number of carbonyl (C=O) groups excluding carboxylic acids is 2. The Kier molecular flexibility index (Phi) is 6.41. The molecule has 1 aliphatic rings. The van der Waals surface area contributed by atoms with Gasteiger partial charge in [0.1, 0.15) is 24.4 Å². The van der Waals surface area contributed by atoms with Crippen molar-refractivity contribution in [2.24, 2.45) is 0 Å². The number of ketones is 1. The van der Waals surface area contributed by atoms with Gasteiger partial charge in [0, 0.05) is 18.4 Å². The highest BCUT2D eigenvalue weighted by atomic mass is 16.6. The lowest BCUT2D eigenvalue weighted by Gasteiger charge is -2.40. The first-order valence-corrected chi connectivity index (χ1v) is 7.62. The van der Waals surface area contributed by atoms with E-state index in [0.717, 1.165) is 0 Å². The first-order chi connectivity index (χ1) is 11.4. The Bertz CT molecular complexity index is 565. The van der Waals surface area contributed by atoms with Crippen LogP contribution in [0.25, 0.3) is 0 Å². The first kappa shape index (κ1) is 18.5. The SMILES string of the molecule is O=C(CCC(=O)c1ccccc1)NC1C(O)O[C@H](CO)C(O)[C@@H]1O. The predicted molar refractivity (Wildman–Crippen MR) is 81.9 cm³/mol. The lowest BCUT2D eigenvalue weighted by molar-refractivity contribution is -0.253. The molecule has 8 heteroatoms. The molecule has 0 radical (unpaired) electrons. The average molecular weight is 339 g/mol. The number of aliphatic hydroxyl groups excluding tert-OH is 4. The fourth-order valence-corrected chi connectivity index (χ4v) is 2.51. The maximum absolute atomic E-state index is 11.9. The molecule has 5 N–H and O–H groups in total. The van der Waals surface area contributed by atoms with Crippen molar-refractivity contribution in [1.29, 1.82) is 0 Å². The van der Waals surface area contributed by atoms with Gasteiger partial charge in [-0.2, -0.15) is 0 Å². The summed E-state index contributed by atoms with van der Waals surface area (Å²) < 4.78 is 4.94. The van der Waals surface area contributed by atoms with Gasteiger partial charge < -0.3 is 30.5 Å². The van der Waals surface area contributed by atoms with Crippen LogP contribution >= 0.6 is 0 Å². The predicted octanol–water partition coefficient (Wildman–Crippen LogP) is -1.43. The number of aliphatic hydroxyl groups is 4. The van der Waals surface area contributed by atoms with Crippen LogP contribution in [0.3, 0.4) is 0 Å². The van der Waals surface area contributed by atoms with E-state index in [0.29, 0.717) is 5.56 Å². The molecule has 0 spiro atoms. The highest BCUT2D eigenvalue weighted by molar-refractivity contribution is 5.97. The highest BCUT2D eigenvalue weighted by Gasteiger charge is 2.44. The molecule has 1 heterocycles. The maximum atomic E-state index is 11.9. The van der Waals surface area contributed by atoms with Crippen molar-refractivity contribution in [3.8, 4) is 0 Å². The Morgan fingerprint density at radius 3 is 2.33 bits per heavy atom. The van der Waals surface area contributed by atoms with E-state index in [1.54, 1.807) is 30.3 Å². The lowest BCUT2D eigenvalue weighted by atomic mass is 9.97. The van der Waals surface area contributed by atoms with Crippen molar-refractivity contribution in [1.82, 2.24) is 5.32 Å². The van der Waals surface area contributed by atoms with Gasteiger partial charge in [0.05, 0.1) is 6.61 Å². The molecule has 1 aliphatic heterocycles. The standard InChI is InChI=1S/C16H21NO7/c18-8-11-14(21)15(22)13(16(23)24-11)17-12(20)7-6-10(19)9-4-2-1-3-5-9/h1-5,11,13-16,18,21-23H,6-8H2,(H,17,20)/t11-,13?,14?,15-,16?/m1/s1. The van der Waals surface area contributed by atoms with Gasteiger partial charge in [0.2, 0.25) is 5.91 Å². The summed E-state index contributed by atoms with van der Waals surface area (Å²) in [5.74, 6) is -0.771. The second-order valence-corrected chi connectivity index (χ2v) is 5.61. The minimum absolute atomic E-state index is 0.0303. The van der Waals surface area contributed by atoms with Crippen molar-refractivity contribution in [3.05, 3.63) is 35.9 Å². The molecule has 132 valence electrons. The second kappa shape index (κ2) is 8.32. The molecule has 1 aromatic rings. The van der Waals surface area contributed by atoms with E-state index < -0.39 is 43.2 Å². The Hall–Kier alpha value is -1.84.